The van der Waals surface area contributed by atoms with Gasteiger partial charge in [0.15, 0.2) is 0 Å². The Bertz CT molecular complexity index is 798. The van der Waals surface area contributed by atoms with Gasteiger partial charge in [0.25, 0.3) is 0 Å². The van der Waals surface area contributed by atoms with Gasteiger partial charge < -0.3 is 19.4 Å². The van der Waals surface area contributed by atoms with Gasteiger partial charge >= 0.3 is 6.09 Å². The summed E-state index contributed by atoms with van der Waals surface area (Å²) >= 11 is 0. The molecule has 2 aliphatic rings. The van der Waals surface area contributed by atoms with E-state index in [9.17, 15) is 4.79 Å². The number of rotatable bonds is 3. The van der Waals surface area contributed by atoms with E-state index < -0.39 is 5.60 Å². The van der Waals surface area contributed by atoms with Crippen LogP contribution in [-0.2, 0) is 11.2 Å². The van der Waals surface area contributed by atoms with Crippen molar-refractivity contribution in [1.29, 1.82) is 0 Å². The molecule has 1 fully saturated rings. The second-order valence-electron chi connectivity index (χ2n) is 10.0. The monoisotopic (exact) mass is 413 g/mol. The maximum absolute atomic E-state index is 12.7. The van der Waals surface area contributed by atoms with Crippen molar-refractivity contribution >= 4 is 17.5 Å². The van der Waals surface area contributed by atoms with Crippen molar-refractivity contribution in [2.75, 3.05) is 29.4 Å². The van der Waals surface area contributed by atoms with E-state index in [1.54, 1.807) is 0 Å². The third-order valence-corrected chi connectivity index (χ3v) is 6.45. The molecule has 1 aromatic carbocycles. The molecular weight excluding hydrogens is 374 g/mol. The number of hydrogen-bond donors (Lipinski definition) is 0. The third-order valence-electron chi connectivity index (χ3n) is 6.45. The van der Waals surface area contributed by atoms with Crippen LogP contribution in [0.1, 0.15) is 60.5 Å². The van der Waals surface area contributed by atoms with Crippen molar-refractivity contribution < 1.29 is 9.53 Å². The van der Waals surface area contributed by atoms with Gasteiger partial charge in [-0.2, -0.15) is 0 Å². The van der Waals surface area contributed by atoms with Gasteiger partial charge in [-0.1, -0.05) is 20.4 Å². The van der Waals surface area contributed by atoms with Crippen LogP contribution >= 0.6 is 0 Å². The number of allylic oxidation sites excluding steroid dienone is 1. The zero-order valence-electron chi connectivity index (χ0n) is 19.9. The molecule has 2 aliphatic heterocycles. The zero-order chi connectivity index (χ0) is 22.2. The highest BCUT2D eigenvalue weighted by Crippen LogP contribution is 2.38. The molecule has 2 heterocycles. The van der Waals surface area contributed by atoms with Crippen molar-refractivity contribution in [2.24, 2.45) is 5.92 Å². The van der Waals surface area contributed by atoms with E-state index in [0.29, 0.717) is 18.5 Å². The van der Waals surface area contributed by atoms with Gasteiger partial charge in [0.2, 0.25) is 0 Å². The average Bonchev–Trinajstić information content (AvgIpc) is 2.66. The molecule has 30 heavy (non-hydrogen) atoms. The molecule has 0 N–H and O–H groups in total. The van der Waals surface area contributed by atoms with Crippen molar-refractivity contribution in [2.45, 2.75) is 79.0 Å². The highest BCUT2D eigenvalue weighted by molar-refractivity contribution is 5.70. The maximum Gasteiger partial charge on any atom is 0.410 e. The van der Waals surface area contributed by atoms with Crippen LogP contribution in [-0.4, -0.2) is 48.3 Å². The third kappa shape index (κ3) is 4.60. The standard InChI is InChI=1S/C25H39N3O2/c1-9-21-16-26(12-13-27(21)24(29)30-25(6,7)8)22-10-11-23-20(15-22)14-18(4)19(5)28(23)17(2)3/h10-11,15,18-19,21H,2,9,12-14,16H2,1,3-8H3/t18?,19-,21?/m0/s1. The number of carbonyl (C=O) groups is 1. The van der Waals surface area contributed by atoms with Gasteiger partial charge in [0.1, 0.15) is 5.60 Å². The Balaban J connectivity index is 1.79. The molecule has 0 aliphatic carbocycles. The van der Waals surface area contributed by atoms with E-state index in [2.05, 4.69) is 62.3 Å². The Morgan fingerprint density at radius 2 is 1.93 bits per heavy atom. The SMILES string of the molecule is C=C(C)N1c2ccc(N3CCN(C(=O)OC(C)(C)C)C(CC)C3)cc2CC(C)[C@@H]1C. The molecule has 5 nitrogen and oxygen atoms in total. The van der Waals surface area contributed by atoms with Crippen molar-refractivity contribution in [3.8, 4) is 0 Å². The number of anilines is 2. The van der Waals surface area contributed by atoms with Gasteiger partial charge in [-0.3, -0.25) is 0 Å². The molecule has 3 rings (SSSR count). The van der Waals surface area contributed by atoms with Crippen LogP contribution in [0.3, 0.4) is 0 Å². The van der Waals surface area contributed by atoms with Crippen LogP contribution in [0.25, 0.3) is 0 Å². The van der Waals surface area contributed by atoms with Crippen LogP contribution < -0.4 is 9.80 Å². The van der Waals surface area contributed by atoms with E-state index in [0.717, 1.165) is 31.6 Å². The second-order valence-corrected chi connectivity index (χ2v) is 10.0. The van der Waals surface area contributed by atoms with E-state index in [1.807, 2.05) is 25.7 Å². The number of nitrogens with zero attached hydrogens (tertiary/aromatic N) is 3. The quantitative estimate of drug-likeness (QED) is 0.661. The first-order valence-corrected chi connectivity index (χ1v) is 11.3. The van der Waals surface area contributed by atoms with E-state index in [-0.39, 0.29) is 12.1 Å². The topological polar surface area (TPSA) is 36.0 Å². The fourth-order valence-electron chi connectivity index (χ4n) is 4.71. The highest BCUT2D eigenvalue weighted by atomic mass is 16.6. The average molecular weight is 414 g/mol. The Morgan fingerprint density at radius 1 is 1.23 bits per heavy atom. The lowest BCUT2D eigenvalue weighted by Gasteiger charge is -2.44. The molecule has 1 saturated heterocycles. The zero-order valence-corrected chi connectivity index (χ0v) is 19.9. The summed E-state index contributed by atoms with van der Waals surface area (Å²) in [5.74, 6) is 0.580. The summed E-state index contributed by atoms with van der Waals surface area (Å²) < 4.78 is 5.64. The van der Waals surface area contributed by atoms with Gasteiger partial charge in [-0.05, 0) is 77.1 Å². The largest absolute Gasteiger partial charge is 0.444 e. The first-order valence-electron chi connectivity index (χ1n) is 11.3. The number of benzene rings is 1. The number of hydrogen-bond acceptors (Lipinski definition) is 4. The number of piperazine rings is 1. The lowest BCUT2D eigenvalue weighted by atomic mass is 9.87. The van der Waals surface area contributed by atoms with E-state index in [1.165, 1.54) is 16.9 Å². The van der Waals surface area contributed by atoms with Crippen LogP contribution in [0.15, 0.2) is 30.5 Å². The number of carbonyl (C=O) groups excluding carboxylic acids is 1. The van der Waals surface area contributed by atoms with Gasteiger partial charge in [0.05, 0.1) is 6.04 Å². The number of fused-ring (bicyclic) bond motifs is 1. The van der Waals surface area contributed by atoms with Gasteiger partial charge in [-0.15, -0.1) is 0 Å². The van der Waals surface area contributed by atoms with Crippen molar-refractivity contribution in [3.05, 3.63) is 36.0 Å². The van der Waals surface area contributed by atoms with Crippen molar-refractivity contribution in [3.63, 3.8) is 0 Å². The molecule has 0 spiro atoms. The Morgan fingerprint density at radius 3 is 2.53 bits per heavy atom. The molecule has 1 amide bonds. The minimum Gasteiger partial charge on any atom is -0.444 e. The summed E-state index contributed by atoms with van der Waals surface area (Å²) in [6, 6.07) is 7.46. The summed E-state index contributed by atoms with van der Waals surface area (Å²) in [5.41, 5.74) is 4.56. The molecular formula is C25H39N3O2. The molecule has 0 aromatic heterocycles. The molecule has 1 aromatic rings. The second kappa shape index (κ2) is 8.52. The van der Waals surface area contributed by atoms with Crippen molar-refractivity contribution in [1.82, 2.24) is 4.90 Å². The van der Waals surface area contributed by atoms with Gasteiger partial charge in [0, 0.05) is 42.7 Å². The van der Waals surface area contributed by atoms with Crippen LogP contribution in [0, 0.1) is 5.92 Å². The van der Waals surface area contributed by atoms with Crippen LogP contribution in [0.4, 0.5) is 16.2 Å². The van der Waals surface area contributed by atoms with Crippen LogP contribution in [0.2, 0.25) is 0 Å². The minimum atomic E-state index is -0.464. The lowest BCUT2D eigenvalue weighted by Crippen LogP contribution is -2.56. The first-order chi connectivity index (χ1) is 14.0. The van der Waals surface area contributed by atoms with Gasteiger partial charge in [-0.25, -0.2) is 4.79 Å². The normalized spacial score (nSPS) is 24.5. The predicted molar refractivity (Wildman–Crippen MR) is 125 cm³/mol. The minimum absolute atomic E-state index is 0.162. The Hall–Kier alpha value is -2.17. The van der Waals surface area contributed by atoms with E-state index in [4.69, 9.17) is 4.74 Å². The summed E-state index contributed by atoms with van der Waals surface area (Å²) in [6.45, 7) is 21.2. The summed E-state index contributed by atoms with van der Waals surface area (Å²) in [4.78, 5) is 19.4. The first kappa shape index (κ1) is 22.5. The molecule has 0 radical (unpaired) electrons. The number of amides is 1. The molecule has 0 saturated carbocycles. The molecule has 3 atom stereocenters. The summed E-state index contributed by atoms with van der Waals surface area (Å²) in [7, 11) is 0. The smallest absolute Gasteiger partial charge is 0.410 e. The fourth-order valence-corrected chi connectivity index (χ4v) is 4.71. The number of ether oxygens (including phenoxy) is 1. The Labute approximate surface area is 182 Å². The molecule has 0 bridgehead atoms. The summed E-state index contributed by atoms with van der Waals surface area (Å²) in [6.07, 6.45) is 1.81. The summed E-state index contributed by atoms with van der Waals surface area (Å²) in [5, 5.41) is 0. The lowest BCUT2D eigenvalue weighted by molar-refractivity contribution is 0.0136. The molecule has 5 heteroatoms. The van der Waals surface area contributed by atoms with E-state index >= 15 is 0 Å². The predicted octanol–water partition coefficient (Wildman–Crippen LogP) is 5.44. The Kier molecular flexibility index (Phi) is 6.40. The molecule has 166 valence electrons. The maximum atomic E-state index is 12.7. The highest BCUT2D eigenvalue weighted by Gasteiger charge is 2.34. The van der Waals surface area contributed by atoms with Crippen LogP contribution in [0.5, 0.6) is 0 Å². The molecule has 2 unspecified atom stereocenters. The fraction of sp³-hybridized carbons (Fsp3) is 0.640.